The molecule has 0 radical (unpaired) electrons. The zero-order valence-corrected chi connectivity index (χ0v) is 10.3. The molecule has 16 heavy (non-hydrogen) atoms. The Balaban J connectivity index is 2.47. The van der Waals surface area contributed by atoms with Gasteiger partial charge in [-0.15, -0.1) is 11.8 Å². The standard InChI is InChI=1S/C12H15N3S/c1-3-8(2)16-12-10-6-9(13)4-5-11(10)14-7-15-12/h4-8H,3,13H2,1-2H3. The molecule has 1 aromatic heterocycles. The number of fused-ring (bicyclic) bond motifs is 1. The number of aromatic nitrogens is 2. The van der Waals surface area contributed by atoms with E-state index >= 15 is 0 Å². The molecule has 0 aliphatic rings. The van der Waals surface area contributed by atoms with Gasteiger partial charge in [0.2, 0.25) is 0 Å². The second-order valence-corrected chi connectivity index (χ2v) is 5.22. The van der Waals surface area contributed by atoms with E-state index in [0.29, 0.717) is 5.25 Å². The third kappa shape index (κ3) is 2.27. The highest BCUT2D eigenvalue weighted by Crippen LogP contribution is 2.29. The van der Waals surface area contributed by atoms with E-state index in [0.717, 1.165) is 28.0 Å². The van der Waals surface area contributed by atoms with Gasteiger partial charge in [-0.3, -0.25) is 0 Å². The molecule has 0 fully saturated rings. The summed E-state index contributed by atoms with van der Waals surface area (Å²) in [7, 11) is 0. The Morgan fingerprint density at radius 2 is 2.19 bits per heavy atom. The molecule has 0 spiro atoms. The Labute approximate surface area is 99.5 Å². The smallest absolute Gasteiger partial charge is 0.117 e. The van der Waals surface area contributed by atoms with Crippen LogP contribution in [0.5, 0.6) is 0 Å². The molecule has 2 aromatic rings. The summed E-state index contributed by atoms with van der Waals surface area (Å²) < 4.78 is 0. The summed E-state index contributed by atoms with van der Waals surface area (Å²) in [6.07, 6.45) is 2.74. The number of benzene rings is 1. The van der Waals surface area contributed by atoms with Crippen molar-refractivity contribution in [3.63, 3.8) is 0 Å². The van der Waals surface area contributed by atoms with E-state index in [9.17, 15) is 0 Å². The summed E-state index contributed by atoms with van der Waals surface area (Å²) in [6.45, 7) is 4.38. The molecule has 3 nitrogen and oxygen atoms in total. The Kier molecular flexibility index (Phi) is 3.29. The summed E-state index contributed by atoms with van der Waals surface area (Å²) in [5.74, 6) is 0. The summed E-state index contributed by atoms with van der Waals surface area (Å²) in [5, 5.41) is 2.62. The van der Waals surface area contributed by atoms with Crippen molar-refractivity contribution in [2.45, 2.75) is 30.5 Å². The monoisotopic (exact) mass is 233 g/mol. The number of nitrogens with zero attached hydrogens (tertiary/aromatic N) is 2. The molecule has 1 atom stereocenters. The van der Waals surface area contributed by atoms with Gasteiger partial charge in [0.1, 0.15) is 11.4 Å². The molecule has 0 aliphatic carbocycles. The van der Waals surface area contributed by atoms with Gasteiger partial charge < -0.3 is 5.73 Å². The first-order valence-corrected chi connectivity index (χ1v) is 6.25. The fourth-order valence-electron chi connectivity index (χ4n) is 1.42. The highest BCUT2D eigenvalue weighted by atomic mass is 32.2. The lowest BCUT2D eigenvalue weighted by Gasteiger charge is -2.09. The van der Waals surface area contributed by atoms with Crippen molar-refractivity contribution in [1.29, 1.82) is 0 Å². The lowest BCUT2D eigenvalue weighted by molar-refractivity contribution is 0.901. The number of hydrogen-bond donors (Lipinski definition) is 1. The quantitative estimate of drug-likeness (QED) is 0.503. The van der Waals surface area contributed by atoms with Crippen LogP contribution >= 0.6 is 11.8 Å². The first-order chi connectivity index (χ1) is 7.70. The Morgan fingerprint density at radius 1 is 1.38 bits per heavy atom. The van der Waals surface area contributed by atoms with Crippen LogP contribution in [0.15, 0.2) is 29.6 Å². The zero-order valence-electron chi connectivity index (χ0n) is 9.47. The summed E-state index contributed by atoms with van der Waals surface area (Å²) in [4.78, 5) is 8.57. The molecule has 0 aliphatic heterocycles. The number of thioether (sulfide) groups is 1. The molecule has 1 aromatic carbocycles. The molecule has 0 saturated heterocycles. The van der Waals surface area contributed by atoms with Gasteiger partial charge in [-0.1, -0.05) is 13.8 Å². The van der Waals surface area contributed by atoms with Crippen LogP contribution in [0.3, 0.4) is 0 Å². The maximum atomic E-state index is 5.79. The van der Waals surface area contributed by atoms with E-state index in [2.05, 4.69) is 23.8 Å². The largest absolute Gasteiger partial charge is 0.399 e. The molecule has 4 heteroatoms. The van der Waals surface area contributed by atoms with E-state index in [-0.39, 0.29) is 0 Å². The minimum atomic E-state index is 0.555. The van der Waals surface area contributed by atoms with E-state index in [1.54, 1.807) is 18.1 Å². The molecule has 2 N–H and O–H groups in total. The van der Waals surface area contributed by atoms with Gasteiger partial charge in [-0.25, -0.2) is 9.97 Å². The van der Waals surface area contributed by atoms with Crippen LogP contribution in [0.25, 0.3) is 10.9 Å². The van der Waals surface area contributed by atoms with Gasteiger partial charge in [-0.2, -0.15) is 0 Å². The second-order valence-electron chi connectivity index (χ2n) is 3.79. The number of rotatable bonds is 3. The molecule has 0 saturated carbocycles. The zero-order chi connectivity index (χ0) is 11.5. The average Bonchev–Trinajstić information content (AvgIpc) is 2.29. The van der Waals surface area contributed by atoms with E-state index in [1.165, 1.54) is 0 Å². The Hall–Kier alpha value is -1.29. The predicted molar refractivity (Wildman–Crippen MR) is 69.6 cm³/mol. The lowest BCUT2D eigenvalue weighted by Crippen LogP contribution is -1.96. The molecule has 1 heterocycles. The second kappa shape index (κ2) is 4.70. The predicted octanol–water partition coefficient (Wildman–Crippen LogP) is 3.10. The Bertz CT molecular complexity index is 499. The third-order valence-corrected chi connectivity index (χ3v) is 3.79. The number of nitrogen functional groups attached to an aromatic ring is 1. The van der Waals surface area contributed by atoms with E-state index in [4.69, 9.17) is 5.73 Å². The SMILES string of the molecule is CCC(C)Sc1ncnc2ccc(N)cc12. The molecule has 2 rings (SSSR count). The molecule has 1 unspecified atom stereocenters. The van der Waals surface area contributed by atoms with Crippen LogP contribution in [0.1, 0.15) is 20.3 Å². The maximum Gasteiger partial charge on any atom is 0.117 e. The van der Waals surface area contributed by atoms with Crippen LogP contribution in [0.4, 0.5) is 5.69 Å². The van der Waals surface area contributed by atoms with Crippen molar-refractivity contribution in [2.24, 2.45) is 0 Å². The summed E-state index contributed by atoms with van der Waals surface area (Å²) in [6, 6.07) is 5.75. The molecule has 0 bridgehead atoms. The third-order valence-electron chi connectivity index (χ3n) is 2.51. The van der Waals surface area contributed by atoms with Crippen molar-refractivity contribution in [3.05, 3.63) is 24.5 Å². The summed E-state index contributed by atoms with van der Waals surface area (Å²) in [5.41, 5.74) is 7.50. The van der Waals surface area contributed by atoms with Gasteiger partial charge in [-0.05, 0) is 24.6 Å². The molecular weight excluding hydrogens is 218 g/mol. The van der Waals surface area contributed by atoms with Crippen molar-refractivity contribution >= 4 is 28.4 Å². The molecular formula is C12H15N3S. The normalized spacial score (nSPS) is 12.9. The first kappa shape index (κ1) is 11.2. The highest BCUT2D eigenvalue weighted by molar-refractivity contribution is 8.00. The van der Waals surface area contributed by atoms with Crippen LogP contribution < -0.4 is 5.73 Å². The fourth-order valence-corrected chi connectivity index (χ4v) is 2.36. The van der Waals surface area contributed by atoms with Crippen LogP contribution in [-0.2, 0) is 0 Å². The topological polar surface area (TPSA) is 51.8 Å². The number of hydrogen-bond acceptors (Lipinski definition) is 4. The van der Waals surface area contributed by atoms with E-state index in [1.807, 2.05) is 18.2 Å². The number of anilines is 1. The van der Waals surface area contributed by atoms with Crippen molar-refractivity contribution in [1.82, 2.24) is 9.97 Å². The average molecular weight is 233 g/mol. The lowest BCUT2D eigenvalue weighted by atomic mass is 10.2. The fraction of sp³-hybridized carbons (Fsp3) is 0.333. The van der Waals surface area contributed by atoms with Gasteiger partial charge in [0.05, 0.1) is 5.52 Å². The highest BCUT2D eigenvalue weighted by Gasteiger charge is 2.08. The van der Waals surface area contributed by atoms with E-state index < -0.39 is 0 Å². The molecule has 0 amide bonds. The van der Waals surface area contributed by atoms with Gasteiger partial charge in [0.25, 0.3) is 0 Å². The van der Waals surface area contributed by atoms with Crippen molar-refractivity contribution in [2.75, 3.05) is 5.73 Å². The molecule has 84 valence electrons. The van der Waals surface area contributed by atoms with Gasteiger partial charge >= 0.3 is 0 Å². The minimum Gasteiger partial charge on any atom is -0.399 e. The Morgan fingerprint density at radius 3 is 2.94 bits per heavy atom. The first-order valence-electron chi connectivity index (χ1n) is 5.37. The van der Waals surface area contributed by atoms with Crippen molar-refractivity contribution < 1.29 is 0 Å². The maximum absolute atomic E-state index is 5.79. The van der Waals surface area contributed by atoms with Crippen LogP contribution in [0.2, 0.25) is 0 Å². The van der Waals surface area contributed by atoms with Gasteiger partial charge in [0, 0.05) is 16.3 Å². The van der Waals surface area contributed by atoms with Crippen molar-refractivity contribution in [3.8, 4) is 0 Å². The number of nitrogens with two attached hydrogens (primary N) is 1. The van der Waals surface area contributed by atoms with Crippen LogP contribution in [-0.4, -0.2) is 15.2 Å². The minimum absolute atomic E-state index is 0.555. The van der Waals surface area contributed by atoms with Crippen LogP contribution in [0, 0.1) is 0 Å². The summed E-state index contributed by atoms with van der Waals surface area (Å²) >= 11 is 1.78. The van der Waals surface area contributed by atoms with Gasteiger partial charge in [0.15, 0.2) is 0 Å².